The van der Waals surface area contributed by atoms with E-state index >= 15 is 0 Å². The van der Waals surface area contributed by atoms with Crippen molar-refractivity contribution in [1.82, 2.24) is 10.6 Å². The van der Waals surface area contributed by atoms with E-state index in [1.54, 1.807) is 19.1 Å². The van der Waals surface area contributed by atoms with E-state index in [-0.39, 0.29) is 23.9 Å². The summed E-state index contributed by atoms with van der Waals surface area (Å²) >= 11 is 1.29. The fourth-order valence-electron chi connectivity index (χ4n) is 2.51. The Morgan fingerprint density at radius 1 is 1.24 bits per heavy atom. The van der Waals surface area contributed by atoms with E-state index in [1.165, 1.54) is 17.6 Å². The van der Waals surface area contributed by atoms with Crippen LogP contribution >= 0.6 is 11.3 Å². The second kappa shape index (κ2) is 8.91. The highest BCUT2D eigenvalue weighted by Crippen LogP contribution is 2.36. The van der Waals surface area contributed by atoms with Gasteiger partial charge in [0.2, 0.25) is 5.91 Å². The molecule has 2 aromatic rings. The maximum absolute atomic E-state index is 12.5. The Morgan fingerprint density at radius 2 is 2.00 bits per heavy atom. The van der Waals surface area contributed by atoms with E-state index in [0.29, 0.717) is 16.3 Å². The summed E-state index contributed by atoms with van der Waals surface area (Å²) in [5.74, 6) is -1.10. The Labute approximate surface area is 170 Å². The highest BCUT2D eigenvalue weighted by Gasteiger charge is 2.31. The summed E-state index contributed by atoms with van der Waals surface area (Å²) in [5.41, 5.74) is 0.916. The molecule has 0 bridgehead atoms. The average Bonchev–Trinajstić information content (AvgIpc) is 3.33. The van der Waals surface area contributed by atoms with E-state index < -0.39 is 24.5 Å². The van der Waals surface area contributed by atoms with Crippen LogP contribution in [0.3, 0.4) is 0 Å². The van der Waals surface area contributed by atoms with Crippen molar-refractivity contribution in [3.05, 3.63) is 40.2 Å². The van der Waals surface area contributed by atoms with Crippen molar-refractivity contribution in [3.8, 4) is 0 Å². The first-order valence-electron chi connectivity index (χ1n) is 9.03. The van der Waals surface area contributed by atoms with Crippen molar-refractivity contribution in [3.63, 3.8) is 0 Å². The Bertz CT molecular complexity index is 930. The van der Waals surface area contributed by atoms with E-state index in [9.17, 15) is 19.2 Å². The largest absolute Gasteiger partial charge is 0.467 e. The molecule has 0 aromatic carbocycles. The molecule has 0 atom stereocenters. The van der Waals surface area contributed by atoms with Crippen LogP contribution < -0.4 is 16.0 Å². The smallest absolute Gasteiger partial charge is 0.341 e. The van der Waals surface area contributed by atoms with Crippen LogP contribution in [0.2, 0.25) is 0 Å². The number of aryl methyl sites for hydroxylation is 1. The molecule has 2 heterocycles. The molecule has 3 N–H and O–H groups in total. The van der Waals surface area contributed by atoms with Crippen molar-refractivity contribution in [1.29, 1.82) is 0 Å². The first kappa shape index (κ1) is 20.6. The quantitative estimate of drug-likeness (QED) is 0.592. The molecule has 0 unspecified atom stereocenters. The van der Waals surface area contributed by atoms with Gasteiger partial charge in [-0.1, -0.05) is 0 Å². The van der Waals surface area contributed by atoms with Crippen LogP contribution in [0.1, 0.15) is 39.4 Å². The van der Waals surface area contributed by atoms with Crippen LogP contribution in [0.4, 0.5) is 9.80 Å². The number of hydrogen-bond donors (Lipinski definition) is 3. The molecule has 1 saturated carbocycles. The third kappa shape index (κ3) is 5.44. The second-order valence-electron chi connectivity index (χ2n) is 6.64. The third-order valence-electron chi connectivity index (χ3n) is 4.36. The van der Waals surface area contributed by atoms with Crippen LogP contribution in [-0.4, -0.2) is 30.4 Å². The van der Waals surface area contributed by atoms with Gasteiger partial charge in [0.1, 0.15) is 10.8 Å². The lowest BCUT2D eigenvalue weighted by molar-refractivity contribution is -0.123. The Morgan fingerprint density at radius 3 is 2.66 bits per heavy atom. The highest BCUT2D eigenvalue weighted by molar-refractivity contribution is 7.16. The van der Waals surface area contributed by atoms with Gasteiger partial charge in [-0.15, -0.1) is 11.3 Å². The Kier molecular flexibility index (Phi) is 6.32. The lowest BCUT2D eigenvalue weighted by atomic mass is 10.1. The molecule has 4 amide bonds. The highest BCUT2D eigenvalue weighted by atomic mass is 32.1. The number of anilines is 1. The predicted octanol–water partition coefficient (Wildman–Crippen LogP) is 2.49. The number of nitrogens with one attached hydrogen (secondary N) is 3. The molecule has 1 aliphatic rings. The van der Waals surface area contributed by atoms with Gasteiger partial charge >= 0.3 is 12.0 Å². The number of rotatable bonds is 7. The minimum Gasteiger partial charge on any atom is -0.467 e. The minimum atomic E-state index is -0.775. The lowest BCUT2D eigenvalue weighted by Crippen LogP contribution is -2.41. The molecule has 0 aliphatic heterocycles. The van der Waals surface area contributed by atoms with Gasteiger partial charge < -0.3 is 19.8 Å². The van der Waals surface area contributed by atoms with E-state index in [4.69, 9.17) is 9.15 Å². The van der Waals surface area contributed by atoms with Crippen molar-refractivity contribution in [2.24, 2.45) is 5.92 Å². The number of urea groups is 1. The van der Waals surface area contributed by atoms with Gasteiger partial charge in [-0.3, -0.25) is 14.9 Å². The fourth-order valence-corrected chi connectivity index (χ4v) is 3.56. The minimum absolute atomic E-state index is 0.00736. The monoisotopic (exact) mass is 419 g/mol. The summed E-state index contributed by atoms with van der Waals surface area (Å²) < 4.78 is 10.1. The van der Waals surface area contributed by atoms with Crippen molar-refractivity contribution >= 4 is 40.2 Å². The fraction of sp³-hybridized carbons (Fsp3) is 0.368. The maximum Gasteiger partial charge on any atom is 0.341 e. The number of thiophene rings is 1. The van der Waals surface area contributed by atoms with Gasteiger partial charge in [0.25, 0.3) is 5.91 Å². The third-order valence-corrected chi connectivity index (χ3v) is 5.49. The zero-order valence-corrected chi connectivity index (χ0v) is 16.8. The first-order valence-corrected chi connectivity index (χ1v) is 9.85. The van der Waals surface area contributed by atoms with E-state index in [0.717, 1.165) is 17.7 Å². The average molecular weight is 419 g/mol. The van der Waals surface area contributed by atoms with Crippen molar-refractivity contribution in [2.75, 3.05) is 11.9 Å². The number of esters is 1. The maximum atomic E-state index is 12.5. The molecule has 10 heteroatoms. The van der Waals surface area contributed by atoms with Crippen molar-refractivity contribution < 1.29 is 28.3 Å². The number of amides is 4. The molecule has 9 nitrogen and oxygen atoms in total. The number of ether oxygens (including phenoxy) is 1. The second-order valence-corrected chi connectivity index (χ2v) is 7.86. The topological polar surface area (TPSA) is 127 Å². The van der Waals surface area contributed by atoms with Crippen LogP contribution in [0.15, 0.2) is 22.8 Å². The summed E-state index contributed by atoms with van der Waals surface area (Å²) in [4.78, 5) is 48.9. The standard InChI is InChI=1S/C19H21N3O6S/c1-10-11(2)29-17(22-16(24)12-5-6-12)15(10)18(25)28-9-14(23)21-19(26)20-8-13-4-3-7-27-13/h3-4,7,12H,5-6,8-9H2,1-2H3,(H,22,24)(H2,20,21,23,26). The summed E-state index contributed by atoms with van der Waals surface area (Å²) in [6.07, 6.45) is 3.16. The number of imide groups is 1. The molecule has 1 fully saturated rings. The first-order chi connectivity index (χ1) is 13.8. The number of hydrogen-bond acceptors (Lipinski definition) is 7. The van der Waals surface area contributed by atoms with Crippen LogP contribution in [0, 0.1) is 19.8 Å². The summed E-state index contributed by atoms with van der Waals surface area (Å²) in [7, 11) is 0. The zero-order chi connectivity index (χ0) is 21.0. The zero-order valence-electron chi connectivity index (χ0n) is 16.0. The molecular weight excluding hydrogens is 398 g/mol. The van der Waals surface area contributed by atoms with E-state index in [2.05, 4.69) is 16.0 Å². The summed E-state index contributed by atoms with van der Waals surface area (Å²) in [6, 6.07) is 2.62. The van der Waals surface area contributed by atoms with Crippen molar-refractivity contribution in [2.45, 2.75) is 33.2 Å². The Balaban J connectivity index is 1.51. The SMILES string of the molecule is Cc1sc(NC(=O)C2CC2)c(C(=O)OCC(=O)NC(=O)NCc2ccco2)c1C. The number of carbonyl (C=O) groups excluding carboxylic acids is 4. The summed E-state index contributed by atoms with van der Waals surface area (Å²) in [6.45, 7) is 3.07. The van der Waals surface area contributed by atoms with Gasteiger partial charge in [0.05, 0.1) is 18.4 Å². The molecular formula is C19H21N3O6S. The predicted molar refractivity (Wildman–Crippen MR) is 105 cm³/mol. The number of furan rings is 1. The lowest BCUT2D eigenvalue weighted by Gasteiger charge is -2.09. The molecule has 0 saturated heterocycles. The molecule has 29 heavy (non-hydrogen) atoms. The Hall–Kier alpha value is -3.14. The summed E-state index contributed by atoms with van der Waals surface area (Å²) in [5, 5.41) is 7.69. The number of carbonyl (C=O) groups is 4. The van der Waals surface area contributed by atoms with Crippen LogP contribution in [0.25, 0.3) is 0 Å². The van der Waals surface area contributed by atoms with Gasteiger partial charge in [0.15, 0.2) is 6.61 Å². The van der Waals surface area contributed by atoms with E-state index in [1.807, 2.05) is 6.92 Å². The van der Waals surface area contributed by atoms with Gasteiger partial charge in [-0.25, -0.2) is 9.59 Å². The van der Waals surface area contributed by atoms with Crippen LogP contribution in [-0.2, 0) is 20.9 Å². The molecule has 3 rings (SSSR count). The van der Waals surface area contributed by atoms with Crippen LogP contribution in [0.5, 0.6) is 0 Å². The van der Waals surface area contributed by atoms with Gasteiger partial charge in [-0.05, 0) is 44.4 Å². The molecule has 1 aliphatic carbocycles. The molecule has 2 aromatic heterocycles. The van der Waals surface area contributed by atoms with Gasteiger partial charge in [-0.2, -0.15) is 0 Å². The normalized spacial score (nSPS) is 12.9. The molecule has 154 valence electrons. The molecule has 0 spiro atoms. The molecule has 0 radical (unpaired) electrons. The van der Waals surface area contributed by atoms with Gasteiger partial charge in [0, 0.05) is 10.8 Å².